The molecule has 0 heterocycles. The van der Waals surface area contributed by atoms with E-state index in [0.717, 1.165) is 3.57 Å². The van der Waals surface area contributed by atoms with Gasteiger partial charge in [-0.1, -0.05) is 0 Å². The Morgan fingerprint density at radius 1 is 1.50 bits per heavy atom. The molecule has 5 heteroatoms. The highest BCUT2D eigenvalue weighted by atomic mass is 127. The Morgan fingerprint density at radius 3 is 2.50 bits per heavy atom. The number of hydrogen-bond donors (Lipinski definition) is 0. The Hall–Kier alpha value is -0.980. The molecular formula is C9H8INO3. The maximum absolute atomic E-state index is 11.2. The highest BCUT2D eigenvalue weighted by Gasteiger charge is 2.20. The minimum absolute atomic E-state index is 0.0853. The molecule has 0 N–H and O–H groups in total. The number of nitro groups is 1. The van der Waals surface area contributed by atoms with E-state index in [2.05, 4.69) is 0 Å². The number of carbonyl (C=O) groups excluding carboxylic acids is 1. The highest BCUT2D eigenvalue weighted by Crippen LogP contribution is 2.26. The number of benzene rings is 1. The minimum Gasteiger partial charge on any atom is -0.294 e. The van der Waals surface area contributed by atoms with Crippen molar-refractivity contribution in [3.05, 3.63) is 36.9 Å². The molecule has 0 saturated heterocycles. The van der Waals surface area contributed by atoms with Gasteiger partial charge in [0.2, 0.25) is 0 Å². The van der Waals surface area contributed by atoms with Crippen molar-refractivity contribution in [1.29, 1.82) is 0 Å². The first-order chi connectivity index (χ1) is 6.43. The fourth-order valence-corrected chi connectivity index (χ4v) is 2.02. The van der Waals surface area contributed by atoms with Crippen LogP contribution in [0.1, 0.15) is 22.8 Å². The summed E-state index contributed by atoms with van der Waals surface area (Å²) in [6.07, 6.45) is 0. The lowest BCUT2D eigenvalue weighted by molar-refractivity contribution is -0.385. The van der Waals surface area contributed by atoms with Crippen molar-refractivity contribution >= 4 is 34.1 Å². The van der Waals surface area contributed by atoms with Gasteiger partial charge in [-0.15, -0.1) is 0 Å². The summed E-state index contributed by atoms with van der Waals surface area (Å²) in [5, 5.41) is 10.7. The average Bonchev–Trinajstić information content (AvgIpc) is 2.01. The van der Waals surface area contributed by atoms with Gasteiger partial charge in [0.15, 0.2) is 5.78 Å². The van der Waals surface area contributed by atoms with Crippen molar-refractivity contribution in [2.24, 2.45) is 0 Å². The van der Waals surface area contributed by atoms with Crippen LogP contribution in [-0.2, 0) is 0 Å². The predicted molar refractivity (Wildman–Crippen MR) is 60.6 cm³/mol. The zero-order valence-corrected chi connectivity index (χ0v) is 9.86. The molecule has 0 saturated carbocycles. The number of nitro benzene ring substituents is 1. The van der Waals surface area contributed by atoms with Crippen LogP contribution < -0.4 is 0 Å². The van der Waals surface area contributed by atoms with Crippen molar-refractivity contribution in [3.63, 3.8) is 0 Å². The Kier molecular flexibility index (Phi) is 3.20. The normalized spacial score (nSPS) is 9.93. The summed E-state index contributed by atoms with van der Waals surface area (Å²) in [5.74, 6) is -0.279. The molecule has 0 radical (unpaired) electrons. The highest BCUT2D eigenvalue weighted by molar-refractivity contribution is 14.1. The van der Waals surface area contributed by atoms with E-state index in [0.29, 0.717) is 5.56 Å². The third-order valence-corrected chi connectivity index (χ3v) is 2.45. The van der Waals surface area contributed by atoms with Crippen molar-refractivity contribution in [3.8, 4) is 0 Å². The first kappa shape index (κ1) is 11.1. The fraction of sp³-hybridized carbons (Fsp3) is 0.222. The van der Waals surface area contributed by atoms with E-state index < -0.39 is 4.92 Å². The second kappa shape index (κ2) is 4.04. The second-order valence-corrected chi connectivity index (χ2v) is 4.18. The van der Waals surface area contributed by atoms with Gasteiger partial charge < -0.3 is 0 Å². The molecule has 0 atom stereocenters. The summed E-state index contributed by atoms with van der Waals surface area (Å²) < 4.78 is 0.830. The van der Waals surface area contributed by atoms with Crippen LogP contribution in [0.15, 0.2) is 12.1 Å². The monoisotopic (exact) mass is 305 g/mol. The van der Waals surface area contributed by atoms with E-state index in [-0.39, 0.29) is 17.0 Å². The van der Waals surface area contributed by atoms with Gasteiger partial charge in [-0.25, -0.2) is 0 Å². The molecule has 0 aliphatic rings. The lowest BCUT2D eigenvalue weighted by Gasteiger charge is -2.03. The zero-order valence-electron chi connectivity index (χ0n) is 7.70. The number of halogens is 1. The molecule has 14 heavy (non-hydrogen) atoms. The van der Waals surface area contributed by atoms with Gasteiger partial charge >= 0.3 is 0 Å². The number of Topliss-reactive ketones (excluding diaryl/α,β-unsaturated/α-hetero) is 1. The fourth-order valence-electron chi connectivity index (χ4n) is 1.25. The molecule has 0 amide bonds. The molecule has 1 aromatic rings. The molecular weight excluding hydrogens is 297 g/mol. The van der Waals surface area contributed by atoms with E-state index in [1.807, 2.05) is 22.6 Å². The van der Waals surface area contributed by atoms with E-state index in [9.17, 15) is 14.9 Å². The van der Waals surface area contributed by atoms with Crippen LogP contribution in [0, 0.1) is 20.6 Å². The van der Waals surface area contributed by atoms with Gasteiger partial charge in [-0.2, -0.15) is 0 Å². The standard InChI is InChI=1S/C9H8INO3/c1-5-3-7(10)4-8(6(2)12)9(5)11(13)14/h3-4H,1-2H3. The maximum Gasteiger partial charge on any atom is 0.283 e. The SMILES string of the molecule is CC(=O)c1cc(I)cc(C)c1[N+](=O)[O-]. The first-order valence-corrected chi connectivity index (χ1v) is 4.97. The zero-order chi connectivity index (χ0) is 10.9. The maximum atomic E-state index is 11.2. The smallest absolute Gasteiger partial charge is 0.283 e. The van der Waals surface area contributed by atoms with Crippen molar-refractivity contribution in [2.45, 2.75) is 13.8 Å². The van der Waals surface area contributed by atoms with Gasteiger partial charge in [-0.05, 0) is 48.6 Å². The van der Waals surface area contributed by atoms with Crippen LogP contribution in [-0.4, -0.2) is 10.7 Å². The van der Waals surface area contributed by atoms with E-state index in [4.69, 9.17) is 0 Å². The molecule has 0 spiro atoms. The Labute approximate surface area is 94.6 Å². The Balaban J connectivity index is 3.52. The van der Waals surface area contributed by atoms with Crippen molar-refractivity contribution in [1.82, 2.24) is 0 Å². The topological polar surface area (TPSA) is 60.2 Å². The molecule has 1 aromatic carbocycles. The third-order valence-electron chi connectivity index (χ3n) is 1.83. The quantitative estimate of drug-likeness (QED) is 0.365. The van der Waals surface area contributed by atoms with Crippen molar-refractivity contribution in [2.75, 3.05) is 0 Å². The molecule has 0 fully saturated rings. The lowest BCUT2D eigenvalue weighted by atomic mass is 10.1. The van der Waals surface area contributed by atoms with Crippen LogP contribution in [0.2, 0.25) is 0 Å². The van der Waals surface area contributed by atoms with Crippen LogP contribution in [0.4, 0.5) is 5.69 Å². The molecule has 4 nitrogen and oxygen atoms in total. The summed E-state index contributed by atoms with van der Waals surface area (Å²) in [6.45, 7) is 2.96. The Morgan fingerprint density at radius 2 is 2.07 bits per heavy atom. The minimum atomic E-state index is -0.512. The number of ketones is 1. The van der Waals surface area contributed by atoms with Crippen LogP contribution in [0.5, 0.6) is 0 Å². The molecule has 0 bridgehead atoms. The van der Waals surface area contributed by atoms with Gasteiger partial charge in [0.25, 0.3) is 5.69 Å². The Bertz CT molecular complexity index is 415. The first-order valence-electron chi connectivity index (χ1n) is 3.89. The summed E-state index contributed by atoms with van der Waals surface area (Å²) in [6, 6.07) is 3.22. The molecule has 0 unspecified atom stereocenters. The number of nitrogens with zero attached hydrogens (tertiary/aromatic N) is 1. The number of rotatable bonds is 2. The predicted octanol–water partition coefficient (Wildman–Crippen LogP) is 2.71. The number of hydrogen-bond acceptors (Lipinski definition) is 3. The molecule has 1 rings (SSSR count). The van der Waals surface area contributed by atoms with E-state index >= 15 is 0 Å². The van der Waals surface area contributed by atoms with Crippen LogP contribution in [0.3, 0.4) is 0 Å². The summed E-state index contributed by atoms with van der Waals surface area (Å²) in [5.41, 5.74) is 0.615. The molecule has 0 aliphatic heterocycles. The lowest BCUT2D eigenvalue weighted by Crippen LogP contribution is -2.03. The molecule has 74 valence electrons. The second-order valence-electron chi connectivity index (χ2n) is 2.93. The average molecular weight is 305 g/mol. The number of carbonyl (C=O) groups is 1. The van der Waals surface area contributed by atoms with Gasteiger partial charge in [-0.3, -0.25) is 14.9 Å². The van der Waals surface area contributed by atoms with E-state index in [1.54, 1.807) is 13.0 Å². The summed E-state index contributed by atoms with van der Waals surface area (Å²) >= 11 is 2.03. The van der Waals surface area contributed by atoms with Gasteiger partial charge in [0.05, 0.1) is 10.5 Å². The van der Waals surface area contributed by atoms with Crippen molar-refractivity contribution < 1.29 is 9.72 Å². The largest absolute Gasteiger partial charge is 0.294 e. The molecule has 0 aliphatic carbocycles. The van der Waals surface area contributed by atoms with Crippen LogP contribution in [0.25, 0.3) is 0 Å². The summed E-state index contributed by atoms with van der Waals surface area (Å²) in [4.78, 5) is 21.4. The van der Waals surface area contributed by atoms with E-state index in [1.165, 1.54) is 13.0 Å². The van der Waals surface area contributed by atoms with Gasteiger partial charge in [0, 0.05) is 9.13 Å². The molecule has 0 aromatic heterocycles. The van der Waals surface area contributed by atoms with Gasteiger partial charge in [0.1, 0.15) is 0 Å². The third kappa shape index (κ3) is 2.09. The van der Waals surface area contributed by atoms with Crippen LogP contribution >= 0.6 is 22.6 Å². The number of aryl methyl sites for hydroxylation is 1. The summed E-state index contributed by atoms with van der Waals surface area (Å²) in [7, 11) is 0.